The zero-order chi connectivity index (χ0) is 22.1. The van der Waals surface area contributed by atoms with Gasteiger partial charge < -0.3 is 4.90 Å². The van der Waals surface area contributed by atoms with Gasteiger partial charge in [0, 0.05) is 35.7 Å². The molecule has 31 heavy (non-hydrogen) atoms. The number of aromatic nitrogens is 1. The third-order valence-electron chi connectivity index (χ3n) is 6.24. The molecule has 1 fully saturated rings. The summed E-state index contributed by atoms with van der Waals surface area (Å²) < 4.78 is 0. The maximum absolute atomic E-state index is 13.0. The van der Waals surface area contributed by atoms with Gasteiger partial charge in [0.1, 0.15) is 0 Å². The zero-order valence-corrected chi connectivity index (χ0v) is 19.1. The number of rotatable bonds is 4. The summed E-state index contributed by atoms with van der Waals surface area (Å²) in [6, 6.07) is 13.0. The molecule has 1 aliphatic heterocycles. The van der Waals surface area contributed by atoms with Crippen LogP contribution in [0.3, 0.4) is 0 Å². The lowest BCUT2D eigenvalue weighted by Gasteiger charge is -2.31. The van der Waals surface area contributed by atoms with E-state index in [1.165, 1.54) is 0 Å². The number of Topliss-reactive ketones (excluding diaryl/α,β-unsaturated/α-hetero) is 1. The molecule has 1 aliphatic rings. The average Bonchev–Trinajstić information content (AvgIpc) is 2.78. The highest BCUT2D eigenvalue weighted by Gasteiger charge is 2.28. The molecular weight excluding hydrogens is 431 g/mol. The SMILES string of the molecule is Cc1nc2ccccc2c(C)c1CC(=O)N1CCC(C(=O)c2ccc(Cl)c(Cl)c2)CC1. The first-order valence-electron chi connectivity index (χ1n) is 10.5. The van der Waals surface area contributed by atoms with Crippen LogP contribution in [0.5, 0.6) is 0 Å². The third kappa shape index (κ3) is 4.46. The number of pyridine rings is 1. The zero-order valence-electron chi connectivity index (χ0n) is 17.6. The van der Waals surface area contributed by atoms with Gasteiger partial charge in [-0.1, -0.05) is 41.4 Å². The predicted molar refractivity (Wildman–Crippen MR) is 125 cm³/mol. The quantitative estimate of drug-likeness (QED) is 0.466. The van der Waals surface area contributed by atoms with Crippen LogP contribution in [0.2, 0.25) is 10.0 Å². The molecule has 0 radical (unpaired) electrons. The van der Waals surface area contributed by atoms with Crippen molar-refractivity contribution in [1.82, 2.24) is 9.88 Å². The number of hydrogen-bond acceptors (Lipinski definition) is 3. The van der Waals surface area contributed by atoms with E-state index in [9.17, 15) is 9.59 Å². The second kappa shape index (κ2) is 8.97. The van der Waals surface area contributed by atoms with Crippen LogP contribution in [0.15, 0.2) is 42.5 Å². The molecule has 1 amide bonds. The maximum atomic E-state index is 13.0. The minimum absolute atomic E-state index is 0.0658. The standard InChI is InChI=1S/C25H24Cl2N2O2/c1-15-19-5-3-4-6-23(19)28-16(2)20(15)14-24(30)29-11-9-17(10-12-29)25(31)18-7-8-21(26)22(27)13-18/h3-8,13,17H,9-12,14H2,1-2H3. The highest BCUT2D eigenvalue weighted by molar-refractivity contribution is 6.42. The number of para-hydroxylation sites is 1. The van der Waals surface area contributed by atoms with Crippen LogP contribution in [0, 0.1) is 19.8 Å². The number of ketones is 1. The Labute approximate surface area is 192 Å². The fourth-order valence-electron chi connectivity index (χ4n) is 4.37. The lowest BCUT2D eigenvalue weighted by molar-refractivity contribution is -0.131. The maximum Gasteiger partial charge on any atom is 0.227 e. The summed E-state index contributed by atoms with van der Waals surface area (Å²) in [4.78, 5) is 32.4. The molecule has 4 nitrogen and oxygen atoms in total. The molecule has 0 aliphatic carbocycles. The third-order valence-corrected chi connectivity index (χ3v) is 6.98. The molecule has 2 aromatic carbocycles. The number of carbonyl (C=O) groups is 2. The van der Waals surface area contributed by atoms with Crippen molar-refractivity contribution in [3.8, 4) is 0 Å². The number of nitrogens with zero attached hydrogens (tertiary/aromatic N) is 2. The Kier molecular flexibility index (Phi) is 6.31. The topological polar surface area (TPSA) is 50.3 Å². The lowest BCUT2D eigenvalue weighted by Crippen LogP contribution is -2.41. The van der Waals surface area contributed by atoms with Gasteiger partial charge in [0.05, 0.1) is 22.0 Å². The van der Waals surface area contributed by atoms with Crippen LogP contribution >= 0.6 is 23.2 Å². The van der Waals surface area contributed by atoms with Crippen LogP contribution < -0.4 is 0 Å². The Bertz CT molecular complexity index is 1170. The summed E-state index contributed by atoms with van der Waals surface area (Å²) in [5.41, 5.74) is 4.54. The minimum atomic E-state index is -0.105. The van der Waals surface area contributed by atoms with E-state index in [-0.39, 0.29) is 17.6 Å². The van der Waals surface area contributed by atoms with Crippen LogP contribution in [0.1, 0.15) is 40.0 Å². The van der Waals surface area contributed by atoms with Crippen molar-refractivity contribution in [2.24, 2.45) is 5.92 Å². The average molecular weight is 455 g/mol. The predicted octanol–water partition coefficient (Wildman–Crippen LogP) is 5.82. The molecule has 1 saturated heterocycles. The fourth-order valence-corrected chi connectivity index (χ4v) is 4.67. The number of benzene rings is 2. The first-order valence-corrected chi connectivity index (χ1v) is 11.2. The molecule has 1 aromatic heterocycles. The smallest absolute Gasteiger partial charge is 0.227 e. The monoisotopic (exact) mass is 454 g/mol. The highest BCUT2D eigenvalue weighted by Crippen LogP contribution is 2.28. The molecule has 0 unspecified atom stereocenters. The summed E-state index contributed by atoms with van der Waals surface area (Å²) in [6.45, 7) is 5.18. The number of fused-ring (bicyclic) bond motifs is 1. The van der Waals surface area contributed by atoms with Gasteiger partial charge in [0.15, 0.2) is 5.78 Å². The van der Waals surface area contributed by atoms with Crippen LogP contribution in [-0.2, 0) is 11.2 Å². The summed E-state index contributed by atoms with van der Waals surface area (Å²) in [5, 5.41) is 1.91. The molecule has 0 N–H and O–H groups in total. The van der Waals surface area contributed by atoms with Crippen molar-refractivity contribution in [2.75, 3.05) is 13.1 Å². The second-order valence-corrected chi connectivity index (χ2v) is 8.96. The van der Waals surface area contributed by atoms with Crippen molar-refractivity contribution in [3.63, 3.8) is 0 Å². The fraction of sp³-hybridized carbons (Fsp3) is 0.320. The summed E-state index contributed by atoms with van der Waals surface area (Å²) >= 11 is 12.0. The molecule has 0 saturated carbocycles. The Morgan fingerprint density at radius 1 is 1.03 bits per heavy atom. The minimum Gasteiger partial charge on any atom is -0.342 e. The van der Waals surface area contributed by atoms with Crippen molar-refractivity contribution >= 4 is 45.8 Å². The molecule has 0 spiro atoms. The van der Waals surface area contributed by atoms with Crippen molar-refractivity contribution in [2.45, 2.75) is 33.1 Å². The first-order chi connectivity index (χ1) is 14.8. The Balaban J connectivity index is 1.42. The van der Waals surface area contributed by atoms with Gasteiger partial charge in [-0.25, -0.2) is 0 Å². The van der Waals surface area contributed by atoms with Crippen LogP contribution in [0.4, 0.5) is 0 Å². The number of likely N-dealkylation sites (tertiary alicyclic amines) is 1. The number of aryl methyl sites for hydroxylation is 2. The van der Waals surface area contributed by atoms with Crippen molar-refractivity contribution < 1.29 is 9.59 Å². The highest BCUT2D eigenvalue weighted by atomic mass is 35.5. The van der Waals surface area contributed by atoms with Crippen molar-refractivity contribution in [3.05, 3.63) is 74.9 Å². The van der Waals surface area contributed by atoms with Gasteiger partial charge in [0.2, 0.25) is 5.91 Å². The normalized spacial score (nSPS) is 14.8. The van der Waals surface area contributed by atoms with E-state index in [4.69, 9.17) is 23.2 Å². The Morgan fingerprint density at radius 3 is 2.45 bits per heavy atom. The lowest BCUT2D eigenvalue weighted by atomic mass is 9.88. The van der Waals surface area contributed by atoms with E-state index in [1.54, 1.807) is 18.2 Å². The van der Waals surface area contributed by atoms with Gasteiger partial charge in [-0.05, 0) is 62.1 Å². The van der Waals surface area contributed by atoms with E-state index in [1.807, 2.05) is 36.1 Å². The van der Waals surface area contributed by atoms with Gasteiger partial charge in [-0.3, -0.25) is 14.6 Å². The molecule has 6 heteroatoms. The molecule has 3 aromatic rings. The van der Waals surface area contributed by atoms with Gasteiger partial charge >= 0.3 is 0 Å². The first kappa shape index (κ1) is 21.8. The number of piperidine rings is 1. The van der Waals surface area contributed by atoms with Gasteiger partial charge in [-0.15, -0.1) is 0 Å². The summed E-state index contributed by atoms with van der Waals surface area (Å²) in [5.74, 6) is 0.0481. The molecule has 4 rings (SSSR count). The van der Waals surface area contributed by atoms with Gasteiger partial charge in [-0.2, -0.15) is 0 Å². The molecule has 0 atom stereocenters. The van der Waals surface area contributed by atoms with E-state index in [0.29, 0.717) is 48.0 Å². The molecule has 0 bridgehead atoms. The van der Waals surface area contributed by atoms with Gasteiger partial charge in [0.25, 0.3) is 0 Å². The van der Waals surface area contributed by atoms with E-state index < -0.39 is 0 Å². The summed E-state index contributed by atoms with van der Waals surface area (Å²) in [7, 11) is 0. The Hall–Kier alpha value is -2.43. The number of hydrogen-bond donors (Lipinski definition) is 0. The summed E-state index contributed by atoms with van der Waals surface area (Å²) in [6.07, 6.45) is 1.64. The number of amides is 1. The van der Waals surface area contributed by atoms with E-state index in [2.05, 4.69) is 11.9 Å². The number of halogens is 2. The van der Waals surface area contributed by atoms with Crippen molar-refractivity contribution in [1.29, 1.82) is 0 Å². The van der Waals surface area contributed by atoms with E-state index in [0.717, 1.165) is 27.7 Å². The number of carbonyl (C=O) groups excluding carboxylic acids is 2. The van der Waals surface area contributed by atoms with E-state index >= 15 is 0 Å². The molecule has 2 heterocycles. The Morgan fingerprint density at radius 2 is 1.74 bits per heavy atom. The second-order valence-electron chi connectivity index (χ2n) is 8.14. The van der Waals surface area contributed by atoms with Crippen LogP contribution in [0.25, 0.3) is 10.9 Å². The molecular formula is C25H24Cl2N2O2. The largest absolute Gasteiger partial charge is 0.342 e. The van der Waals surface area contributed by atoms with Crippen LogP contribution in [-0.4, -0.2) is 34.7 Å². The molecule has 160 valence electrons.